The van der Waals surface area contributed by atoms with E-state index in [-0.39, 0.29) is 18.1 Å². The Kier molecular flexibility index (Phi) is 9.41. The molecule has 0 saturated carbocycles. The average molecular weight is 488 g/mol. The van der Waals surface area contributed by atoms with Gasteiger partial charge in [0.2, 0.25) is 6.79 Å². The molecular weight excluding hydrogens is 464 g/mol. The van der Waals surface area contributed by atoms with E-state index in [1.54, 1.807) is 42.5 Å². The highest BCUT2D eigenvalue weighted by atomic mass is 16.7. The van der Waals surface area contributed by atoms with Crippen LogP contribution in [0.25, 0.3) is 0 Å². The van der Waals surface area contributed by atoms with E-state index >= 15 is 0 Å². The molecule has 3 aromatic rings. The Morgan fingerprint density at radius 3 is 1.53 bits per heavy atom. The highest BCUT2D eigenvalue weighted by molar-refractivity contribution is 5.92. The third kappa shape index (κ3) is 7.88. The second-order valence-corrected chi connectivity index (χ2v) is 7.15. The molecule has 8 heteroatoms. The molecule has 0 amide bonds. The molecule has 0 aliphatic rings. The lowest BCUT2D eigenvalue weighted by Gasteiger charge is -2.09. The lowest BCUT2D eigenvalue weighted by molar-refractivity contribution is -0.144. The Labute approximate surface area is 208 Å². The fourth-order valence-electron chi connectivity index (χ4n) is 2.76. The summed E-state index contributed by atoms with van der Waals surface area (Å²) in [6.45, 7) is 7.16. The first-order valence-electron chi connectivity index (χ1n) is 10.9. The van der Waals surface area contributed by atoms with Gasteiger partial charge in [-0.15, -0.1) is 6.58 Å². The van der Waals surface area contributed by atoms with Crippen LogP contribution in [-0.4, -0.2) is 31.3 Å². The third-order valence-corrected chi connectivity index (χ3v) is 4.61. The predicted octanol–water partition coefficient (Wildman–Crippen LogP) is 5.15. The van der Waals surface area contributed by atoms with E-state index in [1.165, 1.54) is 36.4 Å². The zero-order chi connectivity index (χ0) is 25.8. The van der Waals surface area contributed by atoms with Crippen molar-refractivity contribution in [3.8, 4) is 23.0 Å². The van der Waals surface area contributed by atoms with Gasteiger partial charge in [0, 0.05) is 6.08 Å². The van der Waals surface area contributed by atoms with Gasteiger partial charge in [0.15, 0.2) is 0 Å². The number of carbonyl (C=O) groups excluding carboxylic acids is 3. The van der Waals surface area contributed by atoms with Gasteiger partial charge in [-0.3, -0.25) is 0 Å². The van der Waals surface area contributed by atoms with Crippen molar-refractivity contribution in [1.29, 1.82) is 0 Å². The molecule has 184 valence electrons. The normalized spacial score (nSPS) is 10.0. The molecule has 0 aliphatic carbocycles. The van der Waals surface area contributed by atoms with E-state index in [0.29, 0.717) is 29.4 Å². The van der Waals surface area contributed by atoms with Gasteiger partial charge in [-0.25, -0.2) is 14.4 Å². The Morgan fingerprint density at radius 2 is 1.08 bits per heavy atom. The minimum atomic E-state index is -0.602. The molecule has 0 radical (unpaired) electrons. The van der Waals surface area contributed by atoms with Crippen molar-refractivity contribution in [2.45, 2.75) is 6.42 Å². The first-order chi connectivity index (χ1) is 17.5. The number of hydrogen-bond donors (Lipinski definition) is 0. The maximum atomic E-state index is 12.4. The van der Waals surface area contributed by atoms with Crippen LogP contribution in [0, 0.1) is 0 Å². The van der Waals surface area contributed by atoms with Crippen LogP contribution in [0.3, 0.4) is 0 Å². The molecule has 0 bridgehead atoms. The highest BCUT2D eigenvalue weighted by Crippen LogP contribution is 2.21. The zero-order valence-corrected chi connectivity index (χ0v) is 19.4. The van der Waals surface area contributed by atoms with Gasteiger partial charge >= 0.3 is 17.9 Å². The molecular formula is C28H24O8. The van der Waals surface area contributed by atoms with Gasteiger partial charge < -0.3 is 23.7 Å². The second kappa shape index (κ2) is 13.1. The number of carbonyl (C=O) groups is 3. The van der Waals surface area contributed by atoms with Crippen molar-refractivity contribution in [1.82, 2.24) is 0 Å². The quantitative estimate of drug-likeness (QED) is 0.0863. The predicted molar refractivity (Wildman–Crippen MR) is 131 cm³/mol. The van der Waals surface area contributed by atoms with Crippen LogP contribution in [-0.2, 0) is 9.53 Å². The maximum Gasteiger partial charge on any atom is 0.343 e. The summed E-state index contributed by atoms with van der Waals surface area (Å²) in [5.74, 6) is -0.0866. The van der Waals surface area contributed by atoms with E-state index < -0.39 is 17.9 Å². The minimum absolute atomic E-state index is 0.275. The molecule has 0 heterocycles. The molecule has 0 atom stereocenters. The van der Waals surface area contributed by atoms with Crippen molar-refractivity contribution in [2.24, 2.45) is 0 Å². The van der Waals surface area contributed by atoms with E-state index in [4.69, 9.17) is 23.7 Å². The zero-order valence-electron chi connectivity index (χ0n) is 19.4. The molecule has 3 aromatic carbocycles. The Bertz CT molecular complexity index is 1200. The number of benzene rings is 3. The number of esters is 3. The van der Waals surface area contributed by atoms with Crippen LogP contribution in [0.1, 0.15) is 27.1 Å². The van der Waals surface area contributed by atoms with E-state index in [9.17, 15) is 14.4 Å². The van der Waals surface area contributed by atoms with E-state index in [2.05, 4.69) is 13.2 Å². The van der Waals surface area contributed by atoms with Crippen molar-refractivity contribution in [2.75, 3.05) is 13.4 Å². The van der Waals surface area contributed by atoms with Gasteiger partial charge in [0.25, 0.3) is 0 Å². The van der Waals surface area contributed by atoms with Crippen molar-refractivity contribution in [3.63, 3.8) is 0 Å². The summed E-state index contributed by atoms with van der Waals surface area (Å²) >= 11 is 0. The van der Waals surface area contributed by atoms with Gasteiger partial charge in [0.05, 0.1) is 17.7 Å². The molecule has 0 unspecified atom stereocenters. The Balaban J connectivity index is 1.49. The van der Waals surface area contributed by atoms with Crippen molar-refractivity contribution in [3.05, 3.63) is 109 Å². The summed E-state index contributed by atoms with van der Waals surface area (Å²) in [6.07, 6.45) is 3.52. The number of rotatable bonds is 12. The molecule has 0 aliphatic heterocycles. The van der Waals surface area contributed by atoms with Gasteiger partial charge in [0.1, 0.15) is 23.0 Å². The fourth-order valence-corrected chi connectivity index (χ4v) is 2.76. The molecule has 0 aromatic heterocycles. The molecule has 36 heavy (non-hydrogen) atoms. The summed E-state index contributed by atoms with van der Waals surface area (Å²) in [4.78, 5) is 35.8. The highest BCUT2D eigenvalue weighted by Gasteiger charge is 2.12. The van der Waals surface area contributed by atoms with E-state index in [1.807, 2.05) is 0 Å². The minimum Gasteiger partial charge on any atom is -0.493 e. The topological polar surface area (TPSA) is 97.4 Å². The second-order valence-electron chi connectivity index (χ2n) is 7.15. The summed E-state index contributed by atoms with van der Waals surface area (Å²) in [6, 6.07) is 18.8. The lowest BCUT2D eigenvalue weighted by atomic mass is 10.2. The lowest BCUT2D eigenvalue weighted by Crippen LogP contribution is -2.10. The number of ether oxygens (including phenoxy) is 5. The first-order valence-corrected chi connectivity index (χ1v) is 10.9. The van der Waals surface area contributed by atoms with Crippen LogP contribution in [0.2, 0.25) is 0 Å². The van der Waals surface area contributed by atoms with Crippen LogP contribution in [0.4, 0.5) is 0 Å². The summed E-state index contributed by atoms with van der Waals surface area (Å²) in [7, 11) is 0. The maximum absolute atomic E-state index is 12.4. The van der Waals surface area contributed by atoms with Crippen molar-refractivity contribution < 1.29 is 38.1 Å². The van der Waals surface area contributed by atoms with Crippen molar-refractivity contribution >= 4 is 17.9 Å². The van der Waals surface area contributed by atoms with Gasteiger partial charge in [-0.05, 0) is 79.2 Å². The molecule has 0 saturated heterocycles. The molecule has 8 nitrogen and oxygen atoms in total. The third-order valence-electron chi connectivity index (χ3n) is 4.61. The Hall–Kier alpha value is -4.85. The fraction of sp³-hybridized carbons (Fsp3) is 0.107. The molecule has 0 spiro atoms. The number of hydrogen-bond acceptors (Lipinski definition) is 8. The van der Waals surface area contributed by atoms with Crippen LogP contribution >= 0.6 is 0 Å². The first kappa shape index (κ1) is 25.8. The monoisotopic (exact) mass is 488 g/mol. The van der Waals surface area contributed by atoms with Gasteiger partial charge in [-0.2, -0.15) is 0 Å². The summed E-state index contributed by atoms with van der Waals surface area (Å²) < 4.78 is 26.2. The molecule has 0 N–H and O–H groups in total. The smallest absolute Gasteiger partial charge is 0.343 e. The Morgan fingerprint density at radius 1 is 0.639 bits per heavy atom. The van der Waals surface area contributed by atoms with Crippen LogP contribution in [0.15, 0.2) is 98.1 Å². The SMILES string of the molecule is C=CCCOc1ccc(C(=O)Oc2ccc(OC(=O)c3ccc(OCOC(=O)C=C)cc3)cc2)cc1. The van der Waals surface area contributed by atoms with Crippen LogP contribution in [0.5, 0.6) is 23.0 Å². The molecule has 3 rings (SSSR count). The largest absolute Gasteiger partial charge is 0.493 e. The average Bonchev–Trinajstić information content (AvgIpc) is 2.90. The summed E-state index contributed by atoms with van der Waals surface area (Å²) in [5, 5.41) is 0. The van der Waals surface area contributed by atoms with Gasteiger partial charge in [-0.1, -0.05) is 12.7 Å². The van der Waals surface area contributed by atoms with E-state index in [0.717, 1.165) is 12.5 Å². The standard InChI is InChI=1S/C28H24O8/c1-3-5-18-32-22-10-6-20(7-11-22)27(30)35-24-14-16-25(17-15-24)36-28(31)21-8-12-23(13-9-21)33-19-34-26(29)4-2/h3-4,6-17H,1-2,5,18-19H2. The summed E-state index contributed by atoms with van der Waals surface area (Å²) in [5.41, 5.74) is 0.658. The van der Waals surface area contributed by atoms with Crippen LogP contribution < -0.4 is 18.9 Å². The molecule has 0 fully saturated rings.